The molecule has 4 heteroatoms. The van der Waals surface area contributed by atoms with Crippen molar-refractivity contribution in [1.82, 2.24) is 0 Å². The average Bonchev–Trinajstić information content (AvgIpc) is 2.28. The van der Waals surface area contributed by atoms with E-state index in [1.165, 1.54) is 11.4 Å². The van der Waals surface area contributed by atoms with E-state index < -0.39 is 0 Å². The van der Waals surface area contributed by atoms with Gasteiger partial charge in [0.2, 0.25) is 0 Å². The van der Waals surface area contributed by atoms with Gasteiger partial charge in [0.15, 0.2) is 0 Å². The van der Waals surface area contributed by atoms with Gasteiger partial charge in [0.1, 0.15) is 0 Å². The molecule has 0 aliphatic heterocycles. The Hall–Kier alpha value is -0.190. The summed E-state index contributed by atoms with van der Waals surface area (Å²) in [7, 11) is 1.75. The summed E-state index contributed by atoms with van der Waals surface area (Å²) in [4.78, 5) is 0. The number of methoxy groups -OCH3 is 1. The molecule has 1 N–H and O–H groups in total. The number of thioether (sulfide) groups is 1. The predicted octanol–water partition coefficient (Wildman–Crippen LogP) is 3.63. The Bertz CT molecular complexity index is 296. The number of nitrogens with one attached hydrogen (secondary N) is 1. The van der Waals surface area contributed by atoms with Crippen LogP contribution in [0.15, 0.2) is 28.7 Å². The summed E-state index contributed by atoms with van der Waals surface area (Å²) in [5.41, 5.74) is 1.17. The van der Waals surface area contributed by atoms with E-state index in [2.05, 4.69) is 33.4 Å². The molecule has 0 atom stereocenters. The van der Waals surface area contributed by atoms with E-state index in [4.69, 9.17) is 4.74 Å². The quantitative estimate of drug-likeness (QED) is 0.741. The second-order valence-electron chi connectivity index (χ2n) is 3.40. The molecule has 0 saturated heterocycles. The molecule has 0 amide bonds. The van der Waals surface area contributed by atoms with Crippen molar-refractivity contribution in [2.75, 3.05) is 37.1 Å². The van der Waals surface area contributed by atoms with Crippen molar-refractivity contribution >= 4 is 33.4 Å². The first-order valence-electron chi connectivity index (χ1n) is 5.39. The molecule has 0 heterocycles. The maximum Gasteiger partial charge on any atom is 0.0470 e. The van der Waals surface area contributed by atoms with Crippen molar-refractivity contribution in [3.8, 4) is 0 Å². The molecule has 0 aliphatic rings. The fourth-order valence-electron chi connectivity index (χ4n) is 1.27. The number of hydrogen-bond acceptors (Lipinski definition) is 3. The standard InChI is InChI=1S/C12H18BrNOS/c1-15-7-3-8-16-9-6-14-12-5-2-4-11(13)10-12/h2,4-5,10,14H,3,6-9H2,1H3. The van der Waals surface area contributed by atoms with Crippen LogP contribution in [0, 0.1) is 0 Å². The van der Waals surface area contributed by atoms with Crippen LogP contribution in [0.25, 0.3) is 0 Å². The molecule has 0 fully saturated rings. The molecule has 0 bridgehead atoms. The van der Waals surface area contributed by atoms with Crippen LogP contribution in [0.4, 0.5) is 5.69 Å². The highest BCUT2D eigenvalue weighted by atomic mass is 79.9. The topological polar surface area (TPSA) is 21.3 Å². The van der Waals surface area contributed by atoms with Crippen LogP contribution >= 0.6 is 27.7 Å². The Labute approximate surface area is 110 Å². The minimum Gasteiger partial charge on any atom is -0.385 e. The van der Waals surface area contributed by atoms with Gasteiger partial charge in [-0.1, -0.05) is 22.0 Å². The zero-order chi connectivity index (χ0) is 11.6. The highest BCUT2D eigenvalue weighted by Gasteiger charge is 1.93. The van der Waals surface area contributed by atoms with Gasteiger partial charge >= 0.3 is 0 Å². The number of rotatable bonds is 8. The SMILES string of the molecule is COCCCSCCNc1cccc(Br)c1. The largest absolute Gasteiger partial charge is 0.385 e. The van der Waals surface area contributed by atoms with Gasteiger partial charge in [-0.15, -0.1) is 0 Å². The lowest BCUT2D eigenvalue weighted by molar-refractivity contribution is 0.200. The van der Waals surface area contributed by atoms with Crippen molar-refractivity contribution in [1.29, 1.82) is 0 Å². The molecule has 1 aromatic rings. The Morgan fingerprint density at radius 3 is 3.00 bits per heavy atom. The number of hydrogen-bond donors (Lipinski definition) is 1. The van der Waals surface area contributed by atoms with E-state index in [1.54, 1.807) is 7.11 Å². The number of benzene rings is 1. The molecule has 0 saturated carbocycles. The van der Waals surface area contributed by atoms with Gasteiger partial charge in [-0.3, -0.25) is 0 Å². The van der Waals surface area contributed by atoms with Gasteiger partial charge in [0.05, 0.1) is 0 Å². The minimum atomic E-state index is 0.867. The zero-order valence-electron chi connectivity index (χ0n) is 9.54. The van der Waals surface area contributed by atoms with Gasteiger partial charge < -0.3 is 10.1 Å². The van der Waals surface area contributed by atoms with Crippen LogP contribution in [-0.2, 0) is 4.74 Å². The maximum atomic E-state index is 5.00. The lowest BCUT2D eigenvalue weighted by atomic mass is 10.3. The first-order valence-corrected chi connectivity index (χ1v) is 7.34. The predicted molar refractivity (Wildman–Crippen MR) is 76.4 cm³/mol. The molecule has 0 radical (unpaired) electrons. The monoisotopic (exact) mass is 303 g/mol. The highest BCUT2D eigenvalue weighted by Crippen LogP contribution is 2.15. The summed E-state index contributed by atoms with van der Waals surface area (Å²) in [6.45, 7) is 1.88. The van der Waals surface area contributed by atoms with E-state index >= 15 is 0 Å². The van der Waals surface area contributed by atoms with Gasteiger partial charge in [-0.25, -0.2) is 0 Å². The minimum absolute atomic E-state index is 0.867. The molecule has 0 spiro atoms. The average molecular weight is 304 g/mol. The summed E-state index contributed by atoms with van der Waals surface area (Å²) < 4.78 is 6.11. The first-order chi connectivity index (χ1) is 7.83. The van der Waals surface area contributed by atoms with Crippen LogP contribution in [0.2, 0.25) is 0 Å². The molecule has 16 heavy (non-hydrogen) atoms. The van der Waals surface area contributed by atoms with Crippen molar-refractivity contribution < 1.29 is 4.74 Å². The fraction of sp³-hybridized carbons (Fsp3) is 0.500. The second kappa shape index (κ2) is 8.90. The molecule has 0 aromatic heterocycles. The highest BCUT2D eigenvalue weighted by molar-refractivity contribution is 9.10. The zero-order valence-corrected chi connectivity index (χ0v) is 11.9. The smallest absolute Gasteiger partial charge is 0.0470 e. The molecular formula is C12H18BrNOS. The Balaban J connectivity index is 2.03. The summed E-state index contributed by atoms with van der Waals surface area (Å²) in [6.07, 6.45) is 1.14. The van der Waals surface area contributed by atoms with Gasteiger partial charge in [0.25, 0.3) is 0 Å². The number of anilines is 1. The van der Waals surface area contributed by atoms with E-state index in [1.807, 2.05) is 23.9 Å². The second-order valence-corrected chi connectivity index (χ2v) is 5.54. The summed E-state index contributed by atoms with van der Waals surface area (Å²) in [6, 6.07) is 8.25. The van der Waals surface area contributed by atoms with Crippen LogP contribution in [0.1, 0.15) is 6.42 Å². The third-order valence-corrected chi connectivity index (χ3v) is 3.60. The third kappa shape index (κ3) is 6.40. The van der Waals surface area contributed by atoms with E-state index in [0.717, 1.165) is 29.8 Å². The van der Waals surface area contributed by atoms with Crippen molar-refractivity contribution in [3.63, 3.8) is 0 Å². The van der Waals surface area contributed by atoms with Crippen molar-refractivity contribution in [3.05, 3.63) is 28.7 Å². The maximum absolute atomic E-state index is 5.00. The van der Waals surface area contributed by atoms with Gasteiger partial charge in [-0.2, -0.15) is 11.8 Å². The van der Waals surface area contributed by atoms with Gasteiger partial charge in [-0.05, 0) is 30.4 Å². The Kier molecular flexibility index (Phi) is 7.72. The molecule has 90 valence electrons. The molecular weight excluding hydrogens is 286 g/mol. The lowest BCUT2D eigenvalue weighted by Gasteiger charge is -2.06. The molecule has 1 rings (SSSR count). The van der Waals surface area contributed by atoms with Crippen LogP contribution in [0.3, 0.4) is 0 Å². The summed E-state index contributed by atoms with van der Waals surface area (Å²) >= 11 is 5.42. The molecule has 1 aromatic carbocycles. The normalized spacial score (nSPS) is 10.4. The molecule has 0 unspecified atom stereocenters. The summed E-state index contributed by atoms with van der Waals surface area (Å²) in [5.74, 6) is 2.31. The van der Waals surface area contributed by atoms with Crippen molar-refractivity contribution in [2.45, 2.75) is 6.42 Å². The van der Waals surface area contributed by atoms with Crippen LogP contribution in [0.5, 0.6) is 0 Å². The number of halogens is 1. The molecule has 2 nitrogen and oxygen atoms in total. The number of ether oxygens (including phenoxy) is 1. The van der Waals surface area contributed by atoms with E-state index in [9.17, 15) is 0 Å². The van der Waals surface area contributed by atoms with Gasteiger partial charge in [0, 0.05) is 36.2 Å². The third-order valence-electron chi connectivity index (χ3n) is 2.04. The Morgan fingerprint density at radius 1 is 1.38 bits per heavy atom. The Morgan fingerprint density at radius 2 is 2.25 bits per heavy atom. The van der Waals surface area contributed by atoms with Crippen LogP contribution < -0.4 is 5.32 Å². The van der Waals surface area contributed by atoms with Crippen LogP contribution in [-0.4, -0.2) is 31.8 Å². The summed E-state index contributed by atoms with van der Waals surface area (Å²) in [5, 5.41) is 3.39. The van der Waals surface area contributed by atoms with Crippen molar-refractivity contribution in [2.24, 2.45) is 0 Å². The lowest BCUT2D eigenvalue weighted by Crippen LogP contribution is -2.04. The molecule has 0 aliphatic carbocycles. The van der Waals surface area contributed by atoms with E-state index in [0.29, 0.717) is 0 Å². The van der Waals surface area contributed by atoms with E-state index in [-0.39, 0.29) is 0 Å². The fourth-order valence-corrected chi connectivity index (χ4v) is 2.45. The first kappa shape index (κ1) is 13.9.